The first-order valence-electron chi connectivity index (χ1n) is 3.69. The third kappa shape index (κ3) is 7.32. The van der Waals surface area contributed by atoms with Gasteiger partial charge in [-0.3, -0.25) is 0 Å². The number of esters is 1. The number of carbonyl (C=O) groups is 1. The van der Waals surface area contributed by atoms with Crippen molar-refractivity contribution >= 4 is 14.3 Å². The summed E-state index contributed by atoms with van der Waals surface area (Å²) in [6.45, 7) is 6.04. The Morgan fingerprint density at radius 1 is 1.50 bits per heavy atom. The molecule has 0 fully saturated rings. The van der Waals surface area contributed by atoms with Crippen LogP contribution >= 0.6 is 0 Å². The molecule has 0 bridgehead atoms. The fourth-order valence-corrected chi connectivity index (χ4v) is 0.990. The number of carbonyl (C=O) groups excluding carboxylic acids is 1. The summed E-state index contributed by atoms with van der Waals surface area (Å²) in [4.78, 5) is 10.8. The van der Waals surface area contributed by atoms with Gasteiger partial charge in [-0.2, -0.15) is 0 Å². The average Bonchev–Trinajstić information content (AvgIpc) is 1.95. The molecule has 12 heavy (non-hydrogen) atoms. The van der Waals surface area contributed by atoms with E-state index in [2.05, 4.69) is 10.7 Å². The highest BCUT2D eigenvalue weighted by molar-refractivity contribution is 6.69. The molecule has 0 N–H and O–H groups in total. The Hall–Kier alpha value is -0.793. The summed E-state index contributed by atoms with van der Waals surface area (Å²) >= 11 is 0. The summed E-state index contributed by atoms with van der Waals surface area (Å²) in [6.07, 6.45) is 4.90. The lowest BCUT2D eigenvalue weighted by Gasteiger charge is -2.15. The van der Waals surface area contributed by atoms with Crippen LogP contribution in [0.1, 0.15) is 0 Å². The Morgan fingerprint density at radius 2 is 2.08 bits per heavy atom. The summed E-state index contributed by atoms with van der Waals surface area (Å²) in [5.74, 6) is 1.82. The second-order valence-electron chi connectivity index (χ2n) is 3.27. The maximum atomic E-state index is 10.8. The second kappa shape index (κ2) is 4.96. The van der Waals surface area contributed by atoms with E-state index in [-0.39, 0.29) is 13.2 Å². The largest absolute Gasteiger partial charge is 0.451 e. The van der Waals surface area contributed by atoms with Crippen molar-refractivity contribution in [1.29, 1.82) is 0 Å². The van der Waals surface area contributed by atoms with Gasteiger partial charge in [0.25, 0.3) is 0 Å². The Bertz CT molecular complexity index is 187. The fraction of sp³-hybridized carbons (Fsp3) is 0.625. The van der Waals surface area contributed by atoms with Crippen LogP contribution in [0.3, 0.4) is 0 Å². The highest BCUT2D eigenvalue weighted by Gasteiger charge is 2.16. The first-order chi connectivity index (χ1) is 5.45. The van der Waals surface area contributed by atoms with Crippen LogP contribution in [0.15, 0.2) is 0 Å². The predicted octanol–water partition coefficient (Wildman–Crippen LogP) is 1.01. The molecule has 0 rings (SSSR count). The molecule has 3 nitrogen and oxygen atoms in total. The van der Waals surface area contributed by atoms with E-state index in [1.165, 1.54) is 0 Å². The molecule has 0 heterocycles. The van der Waals surface area contributed by atoms with Gasteiger partial charge in [-0.1, -0.05) is 5.92 Å². The highest BCUT2D eigenvalue weighted by atomic mass is 28.4. The van der Waals surface area contributed by atoms with Crippen molar-refractivity contribution in [2.45, 2.75) is 19.6 Å². The van der Waals surface area contributed by atoms with E-state index in [0.29, 0.717) is 0 Å². The van der Waals surface area contributed by atoms with Crippen LogP contribution in [0.5, 0.6) is 0 Å². The van der Waals surface area contributed by atoms with Crippen LogP contribution in [-0.2, 0) is 14.0 Å². The lowest BCUT2D eigenvalue weighted by molar-refractivity contribution is -0.144. The van der Waals surface area contributed by atoms with Gasteiger partial charge in [0.15, 0.2) is 14.9 Å². The lowest BCUT2D eigenvalue weighted by Crippen LogP contribution is -2.29. The molecule has 0 aliphatic carbocycles. The summed E-state index contributed by atoms with van der Waals surface area (Å²) in [5.41, 5.74) is 0. The summed E-state index contributed by atoms with van der Waals surface area (Å²) < 4.78 is 9.89. The topological polar surface area (TPSA) is 35.5 Å². The van der Waals surface area contributed by atoms with Gasteiger partial charge < -0.3 is 9.16 Å². The summed E-state index contributed by atoms with van der Waals surface area (Å²) in [6, 6.07) is 0. The highest BCUT2D eigenvalue weighted by Crippen LogP contribution is 2.01. The van der Waals surface area contributed by atoms with Gasteiger partial charge in [0.1, 0.15) is 6.61 Å². The van der Waals surface area contributed by atoms with E-state index in [9.17, 15) is 4.79 Å². The van der Waals surface area contributed by atoms with Crippen LogP contribution in [0.4, 0.5) is 0 Å². The molecule has 0 aromatic heterocycles. The first-order valence-corrected chi connectivity index (χ1v) is 7.09. The van der Waals surface area contributed by atoms with E-state index in [0.717, 1.165) is 0 Å². The van der Waals surface area contributed by atoms with Crippen molar-refractivity contribution in [2.24, 2.45) is 0 Å². The van der Waals surface area contributed by atoms with Crippen LogP contribution in [-0.4, -0.2) is 27.5 Å². The normalized spacial score (nSPS) is 10.5. The molecular formula is C8H14O3Si. The summed E-state index contributed by atoms with van der Waals surface area (Å²) in [7, 11) is -1.61. The Balaban J connectivity index is 3.53. The van der Waals surface area contributed by atoms with Crippen LogP contribution in [0.2, 0.25) is 19.6 Å². The van der Waals surface area contributed by atoms with Gasteiger partial charge in [0.2, 0.25) is 0 Å². The molecule has 0 aliphatic rings. The maximum Gasteiger partial charge on any atom is 0.331 e. The number of hydrogen-bond donors (Lipinski definition) is 0. The molecule has 0 saturated carbocycles. The number of rotatable bonds is 4. The molecule has 0 aromatic carbocycles. The average molecular weight is 186 g/mol. The molecule has 68 valence electrons. The molecule has 0 spiro atoms. The molecule has 0 amide bonds. The molecule has 0 saturated heterocycles. The monoisotopic (exact) mass is 186 g/mol. The minimum Gasteiger partial charge on any atom is -0.451 e. The van der Waals surface area contributed by atoms with Gasteiger partial charge in [-0.05, 0) is 19.6 Å². The second-order valence-corrected chi connectivity index (χ2v) is 7.78. The van der Waals surface area contributed by atoms with Gasteiger partial charge in [-0.15, -0.1) is 6.42 Å². The quantitative estimate of drug-likeness (QED) is 0.373. The lowest BCUT2D eigenvalue weighted by atomic mass is 10.7. The van der Waals surface area contributed by atoms with Crippen molar-refractivity contribution < 1.29 is 14.0 Å². The van der Waals surface area contributed by atoms with Crippen molar-refractivity contribution in [1.82, 2.24) is 0 Å². The number of terminal acetylenes is 1. The summed E-state index contributed by atoms with van der Waals surface area (Å²) in [5, 5.41) is 0. The molecular weight excluding hydrogens is 172 g/mol. The third-order valence-electron chi connectivity index (χ3n) is 0.940. The molecule has 4 heteroatoms. The molecule has 0 atom stereocenters. The smallest absolute Gasteiger partial charge is 0.331 e. The van der Waals surface area contributed by atoms with Crippen LogP contribution in [0, 0.1) is 12.3 Å². The van der Waals surface area contributed by atoms with Crippen LogP contribution in [0.25, 0.3) is 0 Å². The minimum absolute atomic E-state index is 0.0113. The Kier molecular flexibility index (Phi) is 4.63. The van der Waals surface area contributed by atoms with Crippen LogP contribution < -0.4 is 0 Å². The van der Waals surface area contributed by atoms with E-state index < -0.39 is 14.3 Å². The van der Waals surface area contributed by atoms with Crippen molar-refractivity contribution in [3.8, 4) is 12.3 Å². The van der Waals surface area contributed by atoms with E-state index in [1.807, 2.05) is 19.6 Å². The fourth-order valence-electron chi connectivity index (χ4n) is 0.439. The predicted molar refractivity (Wildman–Crippen MR) is 49.1 cm³/mol. The number of ether oxygens (including phenoxy) is 1. The van der Waals surface area contributed by atoms with Gasteiger partial charge in [0, 0.05) is 0 Å². The third-order valence-corrected chi connectivity index (χ3v) is 1.95. The number of hydrogen-bond acceptors (Lipinski definition) is 3. The van der Waals surface area contributed by atoms with Gasteiger partial charge >= 0.3 is 5.97 Å². The zero-order valence-electron chi connectivity index (χ0n) is 7.72. The van der Waals surface area contributed by atoms with Crippen molar-refractivity contribution in [3.63, 3.8) is 0 Å². The SMILES string of the molecule is C#CCOC(=O)CO[Si](C)(C)C. The maximum absolute atomic E-state index is 10.8. The zero-order valence-corrected chi connectivity index (χ0v) is 8.72. The minimum atomic E-state index is -1.61. The first kappa shape index (κ1) is 11.2. The standard InChI is InChI=1S/C8H14O3Si/c1-5-6-10-8(9)7-11-12(2,3)4/h1H,6-7H2,2-4H3. The molecule has 0 unspecified atom stereocenters. The van der Waals surface area contributed by atoms with Gasteiger partial charge in [-0.25, -0.2) is 4.79 Å². The molecule has 0 aromatic rings. The van der Waals surface area contributed by atoms with E-state index in [1.54, 1.807) is 0 Å². The van der Waals surface area contributed by atoms with E-state index >= 15 is 0 Å². The van der Waals surface area contributed by atoms with Crippen molar-refractivity contribution in [2.75, 3.05) is 13.2 Å². The molecule has 0 radical (unpaired) electrons. The van der Waals surface area contributed by atoms with Crippen molar-refractivity contribution in [3.05, 3.63) is 0 Å². The Labute approximate surface area is 74.2 Å². The van der Waals surface area contributed by atoms with Gasteiger partial charge in [0.05, 0.1) is 0 Å². The Morgan fingerprint density at radius 3 is 2.50 bits per heavy atom. The molecule has 0 aliphatic heterocycles. The zero-order chi connectivity index (χ0) is 9.61. The van der Waals surface area contributed by atoms with E-state index in [4.69, 9.17) is 10.8 Å².